The fraction of sp³-hybridized carbons (Fsp3) is 0.273. The molecule has 2 rings (SSSR count). The molecule has 2 aromatic rings. The van der Waals surface area contributed by atoms with Crippen LogP contribution in [0.3, 0.4) is 0 Å². The lowest BCUT2D eigenvalue weighted by Gasteiger charge is -2.11. The first kappa shape index (κ1) is 13.9. The third-order valence-corrected chi connectivity index (χ3v) is 2.89. The van der Waals surface area contributed by atoms with E-state index in [1.165, 1.54) is 12.3 Å². The number of aryl methyl sites for hydroxylation is 1. The van der Waals surface area contributed by atoms with E-state index in [0.717, 1.165) is 6.20 Å². The Labute approximate surface area is 115 Å². The van der Waals surface area contributed by atoms with Gasteiger partial charge in [-0.25, -0.2) is 19.9 Å². The Bertz CT molecular complexity index is 601. The van der Waals surface area contributed by atoms with Gasteiger partial charge in [-0.1, -0.05) is 15.9 Å². The number of nitrogens with zero attached hydrogens (tertiary/aromatic N) is 4. The molecule has 0 atom stereocenters. The molecule has 0 saturated heterocycles. The van der Waals surface area contributed by atoms with Gasteiger partial charge in [-0.15, -0.1) is 0 Å². The summed E-state index contributed by atoms with van der Waals surface area (Å²) in [6, 6.07) is 1.47. The first-order valence-corrected chi connectivity index (χ1v) is 6.33. The molecule has 0 N–H and O–H groups in total. The third kappa shape index (κ3) is 3.06. The minimum Gasteiger partial charge on any atom is -0.242 e. The van der Waals surface area contributed by atoms with Crippen molar-refractivity contribution in [1.82, 2.24) is 19.9 Å². The molecule has 100 valence electrons. The maximum atomic E-state index is 12.9. The predicted octanol–water partition coefficient (Wildman–Crippen LogP) is 3.16. The lowest BCUT2D eigenvalue weighted by Crippen LogP contribution is -2.13. The van der Waals surface area contributed by atoms with E-state index in [0.29, 0.717) is 5.82 Å². The van der Waals surface area contributed by atoms with Crippen molar-refractivity contribution in [2.24, 2.45) is 0 Å². The molecular formula is C11H8BrF3N4. The van der Waals surface area contributed by atoms with Crippen molar-refractivity contribution < 1.29 is 13.2 Å². The van der Waals surface area contributed by atoms with Crippen LogP contribution >= 0.6 is 15.9 Å². The summed E-state index contributed by atoms with van der Waals surface area (Å²) in [6.07, 6.45) is -1.92. The van der Waals surface area contributed by atoms with Crippen molar-refractivity contribution in [1.29, 1.82) is 0 Å². The Morgan fingerprint density at radius 1 is 1.21 bits per heavy atom. The maximum absolute atomic E-state index is 12.9. The van der Waals surface area contributed by atoms with Crippen LogP contribution < -0.4 is 0 Å². The largest absolute Gasteiger partial charge is 0.433 e. The molecule has 0 aromatic carbocycles. The van der Waals surface area contributed by atoms with Crippen LogP contribution in [-0.2, 0) is 11.5 Å². The number of hydrogen-bond donors (Lipinski definition) is 0. The lowest BCUT2D eigenvalue weighted by atomic mass is 10.2. The maximum Gasteiger partial charge on any atom is 0.433 e. The van der Waals surface area contributed by atoms with Crippen molar-refractivity contribution in [2.45, 2.75) is 18.4 Å². The molecule has 0 fully saturated rings. The molecule has 0 aliphatic heterocycles. The van der Waals surface area contributed by atoms with E-state index in [1.54, 1.807) is 6.92 Å². The quantitative estimate of drug-likeness (QED) is 0.793. The van der Waals surface area contributed by atoms with Crippen LogP contribution in [0.5, 0.6) is 0 Å². The van der Waals surface area contributed by atoms with Gasteiger partial charge >= 0.3 is 6.18 Å². The highest BCUT2D eigenvalue weighted by Crippen LogP contribution is 2.32. The fourth-order valence-electron chi connectivity index (χ4n) is 1.45. The molecule has 2 aromatic heterocycles. The normalized spacial score (nSPS) is 11.6. The molecule has 0 aliphatic carbocycles. The second kappa shape index (κ2) is 5.20. The van der Waals surface area contributed by atoms with E-state index in [1.807, 2.05) is 0 Å². The van der Waals surface area contributed by atoms with Crippen molar-refractivity contribution in [3.63, 3.8) is 0 Å². The molecule has 0 unspecified atom stereocenters. The van der Waals surface area contributed by atoms with Gasteiger partial charge in [0, 0.05) is 23.3 Å². The second-order valence-electron chi connectivity index (χ2n) is 3.69. The molecule has 0 amide bonds. The first-order chi connectivity index (χ1) is 8.91. The Morgan fingerprint density at radius 2 is 1.95 bits per heavy atom. The Balaban J connectivity index is 2.55. The average Bonchev–Trinajstić information content (AvgIpc) is 2.37. The molecule has 0 spiro atoms. The van der Waals surface area contributed by atoms with Gasteiger partial charge in [0.15, 0.2) is 11.5 Å². The zero-order valence-corrected chi connectivity index (χ0v) is 11.3. The predicted molar refractivity (Wildman–Crippen MR) is 65.4 cm³/mol. The molecule has 0 saturated carbocycles. The number of rotatable bonds is 2. The van der Waals surface area contributed by atoms with Gasteiger partial charge in [0.05, 0.1) is 0 Å². The van der Waals surface area contributed by atoms with Gasteiger partial charge in [-0.3, -0.25) is 0 Å². The van der Waals surface area contributed by atoms with Gasteiger partial charge in [-0.05, 0) is 13.0 Å². The highest BCUT2D eigenvalue weighted by atomic mass is 79.9. The molecular weight excluding hydrogens is 325 g/mol. The molecule has 0 radical (unpaired) electrons. The first-order valence-electron chi connectivity index (χ1n) is 5.21. The minimum absolute atomic E-state index is 0.0120. The highest BCUT2D eigenvalue weighted by Gasteiger charge is 2.35. The zero-order chi connectivity index (χ0) is 14.0. The Morgan fingerprint density at radius 3 is 2.53 bits per heavy atom. The summed E-state index contributed by atoms with van der Waals surface area (Å²) in [7, 11) is 0. The minimum atomic E-state index is -4.52. The van der Waals surface area contributed by atoms with Crippen molar-refractivity contribution in [3.8, 4) is 11.5 Å². The summed E-state index contributed by atoms with van der Waals surface area (Å²) in [5, 5.41) is 0.0327. The van der Waals surface area contributed by atoms with Crippen LogP contribution in [0, 0.1) is 6.92 Å². The van der Waals surface area contributed by atoms with Crippen LogP contribution in [0.25, 0.3) is 11.5 Å². The Kier molecular flexibility index (Phi) is 3.79. The van der Waals surface area contributed by atoms with Crippen LogP contribution in [-0.4, -0.2) is 19.9 Å². The number of aromatic nitrogens is 4. The van der Waals surface area contributed by atoms with Gasteiger partial charge < -0.3 is 0 Å². The Hall–Kier alpha value is -1.57. The number of hydrogen-bond acceptors (Lipinski definition) is 4. The molecule has 0 bridgehead atoms. The molecule has 0 aliphatic rings. The van der Waals surface area contributed by atoms with Crippen LogP contribution in [0.2, 0.25) is 0 Å². The second-order valence-corrected chi connectivity index (χ2v) is 4.25. The summed E-state index contributed by atoms with van der Waals surface area (Å²) in [5.41, 5.74) is -0.702. The molecule has 2 heterocycles. The van der Waals surface area contributed by atoms with Crippen molar-refractivity contribution in [3.05, 3.63) is 35.5 Å². The number of alkyl halides is 4. The van der Waals surface area contributed by atoms with E-state index in [4.69, 9.17) is 0 Å². The monoisotopic (exact) mass is 332 g/mol. The summed E-state index contributed by atoms with van der Waals surface area (Å²) >= 11 is 2.99. The fourth-order valence-corrected chi connectivity index (χ4v) is 1.86. The van der Waals surface area contributed by atoms with Crippen molar-refractivity contribution >= 4 is 15.9 Å². The van der Waals surface area contributed by atoms with Gasteiger partial charge in [0.25, 0.3) is 0 Å². The van der Waals surface area contributed by atoms with Gasteiger partial charge in [-0.2, -0.15) is 13.2 Å². The smallest absolute Gasteiger partial charge is 0.242 e. The standard InChI is InChI=1S/C11H8BrF3N4/c1-6-16-3-2-8(18-6)10-17-5-7(4-12)9(19-10)11(13,14)15/h2-3,5H,4H2,1H3. The lowest BCUT2D eigenvalue weighted by molar-refractivity contribution is -0.141. The van der Waals surface area contributed by atoms with E-state index in [-0.39, 0.29) is 22.4 Å². The third-order valence-electron chi connectivity index (χ3n) is 2.28. The van der Waals surface area contributed by atoms with Crippen LogP contribution in [0.15, 0.2) is 18.5 Å². The van der Waals surface area contributed by atoms with Crippen LogP contribution in [0.1, 0.15) is 17.1 Å². The van der Waals surface area contributed by atoms with Crippen LogP contribution in [0.4, 0.5) is 13.2 Å². The summed E-state index contributed by atoms with van der Waals surface area (Å²) in [6.45, 7) is 1.64. The topological polar surface area (TPSA) is 51.6 Å². The SMILES string of the molecule is Cc1nccc(-c2ncc(CBr)c(C(F)(F)F)n2)n1. The van der Waals surface area contributed by atoms with Crippen molar-refractivity contribution in [2.75, 3.05) is 0 Å². The van der Waals surface area contributed by atoms with E-state index in [2.05, 4.69) is 35.9 Å². The van der Waals surface area contributed by atoms with E-state index >= 15 is 0 Å². The van der Waals surface area contributed by atoms with E-state index in [9.17, 15) is 13.2 Å². The van der Waals surface area contributed by atoms with E-state index < -0.39 is 11.9 Å². The molecule has 8 heteroatoms. The molecule has 19 heavy (non-hydrogen) atoms. The summed E-state index contributed by atoms with van der Waals surface area (Å²) in [4.78, 5) is 15.4. The van der Waals surface area contributed by atoms with Gasteiger partial charge in [0.2, 0.25) is 0 Å². The average molecular weight is 333 g/mol. The molecule has 4 nitrogen and oxygen atoms in total. The zero-order valence-electron chi connectivity index (χ0n) is 9.74. The summed E-state index contributed by atoms with van der Waals surface area (Å²) < 4.78 is 38.6. The summed E-state index contributed by atoms with van der Waals surface area (Å²) in [5.74, 6) is 0.377. The van der Waals surface area contributed by atoms with Gasteiger partial charge in [0.1, 0.15) is 11.5 Å². The number of halogens is 4. The highest BCUT2D eigenvalue weighted by molar-refractivity contribution is 9.08.